The Morgan fingerprint density at radius 1 is 1.24 bits per heavy atom. The van der Waals surface area contributed by atoms with Gasteiger partial charge >= 0.3 is 6.09 Å². The lowest BCUT2D eigenvalue weighted by Crippen LogP contribution is -2.31. The summed E-state index contributed by atoms with van der Waals surface area (Å²) in [6, 6.07) is 2.16. The lowest BCUT2D eigenvalue weighted by atomic mass is 10.2. The summed E-state index contributed by atoms with van der Waals surface area (Å²) < 4.78 is 59.4. The number of hydroxylamine groups is 1. The number of carbonyl (C=O) groups excluding carboxylic acids is 1. The number of cyclic esters (lactones) is 1. The van der Waals surface area contributed by atoms with Crippen molar-refractivity contribution in [3.05, 3.63) is 23.8 Å². The zero-order chi connectivity index (χ0) is 21.2. The zero-order valence-corrected chi connectivity index (χ0v) is 17.0. The highest BCUT2D eigenvalue weighted by Crippen LogP contribution is 2.31. The van der Waals surface area contributed by atoms with Crippen molar-refractivity contribution in [3.8, 4) is 0 Å². The summed E-state index contributed by atoms with van der Waals surface area (Å²) in [5.74, 6) is -1.79. The van der Waals surface area contributed by atoms with E-state index in [1.165, 1.54) is 19.0 Å². The molecule has 3 rings (SSSR count). The predicted molar refractivity (Wildman–Crippen MR) is 102 cm³/mol. The molecular weight excluding hydrogens is 410 g/mol. The number of anilines is 2. The minimum atomic E-state index is -3.44. The Labute approximate surface area is 168 Å². The van der Waals surface area contributed by atoms with Crippen LogP contribution in [0, 0.1) is 11.6 Å². The van der Waals surface area contributed by atoms with Crippen LogP contribution in [0.15, 0.2) is 12.1 Å². The van der Waals surface area contributed by atoms with Gasteiger partial charge in [0.25, 0.3) is 0 Å². The molecule has 0 aromatic heterocycles. The van der Waals surface area contributed by atoms with Gasteiger partial charge in [-0.25, -0.2) is 31.8 Å². The van der Waals surface area contributed by atoms with Gasteiger partial charge in [0.2, 0.25) is 10.0 Å². The Balaban J connectivity index is 1.73. The lowest BCUT2D eigenvalue weighted by molar-refractivity contribution is 0.0589. The Hall–Kier alpha value is -2.02. The van der Waals surface area contributed by atoms with Crippen LogP contribution in [0.5, 0.6) is 0 Å². The van der Waals surface area contributed by atoms with Crippen molar-refractivity contribution < 1.29 is 31.6 Å². The summed E-state index contributed by atoms with van der Waals surface area (Å²) in [7, 11) is -0.600. The van der Waals surface area contributed by atoms with Crippen molar-refractivity contribution >= 4 is 27.5 Å². The van der Waals surface area contributed by atoms with Crippen LogP contribution in [-0.2, 0) is 19.6 Å². The van der Waals surface area contributed by atoms with E-state index in [1.807, 2.05) is 0 Å². The highest BCUT2D eigenvalue weighted by atomic mass is 32.2. The molecule has 0 bridgehead atoms. The highest BCUT2D eigenvalue weighted by Gasteiger charge is 2.34. The molecule has 12 heteroatoms. The van der Waals surface area contributed by atoms with Crippen molar-refractivity contribution in [2.75, 3.05) is 62.4 Å². The number of nitrogens with one attached hydrogen (secondary N) is 1. The Kier molecular flexibility index (Phi) is 6.56. The molecule has 2 aliphatic heterocycles. The zero-order valence-electron chi connectivity index (χ0n) is 16.2. The third-order valence-electron chi connectivity index (χ3n) is 4.81. The largest absolute Gasteiger partial charge is 0.444 e. The third-order valence-corrected chi connectivity index (χ3v) is 6.67. The molecule has 29 heavy (non-hydrogen) atoms. The van der Waals surface area contributed by atoms with E-state index in [-0.39, 0.29) is 36.7 Å². The second-order valence-electron chi connectivity index (χ2n) is 6.99. The van der Waals surface area contributed by atoms with E-state index >= 15 is 0 Å². The van der Waals surface area contributed by atoms with Crippen LogP contribution in [0.1, 0.15) is 6.42 Å². The number of ether oxygens (including phenoxy) is 1. The van der Waals surface area contributed by atoms with Crippen LogP contribution in [0.4, 0.5) is 25.0 Å². The fraction of sp³-hybridized carbons (Fsp3) is 0.588. The van der Waals surface area contributed by atoms with E-state index < -0.39 is 33.9 Å². The van der Waals surface area contributed by atoms with Crippen molar-refractivity contribution in [1.29, 1.82) is 0 Å². The maximum absolute atomic E-state index is 14.7. The van der Waals surface area contributed by atoms with Gasteiger partial charge in [-0.15, -0.1) is 0 Å². The van der Waals surface area contributed by atoms with Gasteiger partial charge in [0.15, 0.2) is 11.6 Å². The molecule has 162 valence electrons. The number of nitrogens with zero attached hydrogens (tertiary/aromatic N) is 3. The number of amides is 1. The fourth-order valence-electron chi connectivity index (χ4n) is 3.17. The van der Waals surface area contributed by atoms with Crippen molar-refractivity contribution in [2.24, 2.45) is 0 Å². The molecule has 2 fully saturated rings. The van der Waals surface area contributed by atoms with Gasteiger partial charge in [-0.3, -0.25) is 9.74 Å². The molecule has 0 radical (unpaired) electrons. The summed E-state index contributed by atoms with van der Waals surface area (Å²) in [6.45, 7) is 1.38. The number of hydrogen-bond acceptors (Lipinski definition) is 7. The van der Waals surface area contributed by atoms with Gasteiger partial charge in [0, 0.05) is 52.3 Å². The molecule has 9 nitrogen and oxygen atoms in total. The van der Waals surface area contributed by atoms with Crippen LogP contribution in [0.2, 0.25) is 0 Å². The minimum Gasteiger partial charge on any atom is -0.444 e. The van der Waals surface area contributed by atoms with Crippen LogP contribution in [-0.4, -0.2) is 77.6 Å². The van der Waals surface area contributed by atoms with Crippen LogP contribution >= 0.6 is 0 Å². The first-order chi connectivity index (χ1) is 13.7. The van der Waals surface area contributed by atoms with E-state index in [0.29, 0.717) is 19.6 Å². The predicted octanol–water partition coefficient (Wildman–Crippen LogP) is 0.913. The SMILES string of the molecule is CN(C)S(=O)(=O)CC[C@H]1CN(c2cc(F)c(N3CCNOCC3)c(F)c2)C(=O)O1. The number of sulfonamides is 1. The molecule has 1 aromatic carbocycles. The lowest BCUT2D eigenvalue weighted by Gasteiger charge is -2.24. The van der Waals surface area contributed by atoms with Crippen LogP contribution < -0.4 is 15.3 Å². The van der Waals surface area contributed by atoms with Crippen molar-refractivity contribution in [3.63, 3.8) is 0 Å². The molecule has 0 aliphatic carbocycles. The Morgan fingerprint density at radius 2 is 1.93 bits per heavy atom. The molecule has 1 atom stereocenters. The van der Waals surface area contributed by atoms with Crippen LogP contribution in [0.3, 0.4) is 0 Å². The first kappa shape index (κ1) is 21.7. The molecule has 0 spiro atoms. The molecule has 1 amide bonds. The topological polar surface area (TPSA) is 91.4 Å². The van der Waals surface area contributed by atoms with Gasteiger partial charge < -0.3 is 9.64 Å². The molecule has 2 heterocycles. The van der Waals surface area contributed by atoms with Gasteiger partial charge in [0.05, 0.1) is 24.6 Å². The summed E-state index contributed by atoms with van der Waals surface area (Å²) in [4.78, 5) is 19.9. The van der Waals surface area contributed by atoms with E-state index in [2.05, 4.69) is 5.48 Å². The maximum Gasteiger partial charge on any atom is 0.414 e. The highest BCUT2D eigenvalue weighted by molar-refractivity contribution is 7.89. The monoisotopic (exact) mass is 434 g/mol. The van der Waals surface area contributed by atoms with Crippen molar-refractivity contribution in [1.82, 2.24) is 9.79 Å². The van der Waals surface area contributed by atoms with Gasteiger partial charge in [0.1, 0.15) is 11.8 Å². The van der Waals surface area contributed by atoms with Gasteiger partial charge in [-0.2, -0.15) is 0 Å². The quantitative estimate of drug-likeness (QED) is 0.712. The van der Waals surface area contributed by atoms with E-state index in [4.69, 9.17) is 9.57 Å². The number of halogens is 2. The average Bonchev–Trinajstić information content (AvgIpc) is 2.84. The van der Waals surface area contributed by atoms with E-state index in [1.54, 1.807) is 0 Å². The maximum atomic E-state index is 14.7. The number of carbonyl (C=O) groups is 1. The van der Waals surface area contributed by atoms with E-state index in [0.717, 1.165) is 21.3 Å². The summed E-state index contributed by atoms with van der Waals surface area (Å²) >= 11 is 0. The molecule has 2 aliphatic rings. The first-order valence-electron chi connectivity index (χ1n) is 9.16. The fourth-order valence-corrected chi connectivity index (χ4v) is 4.10. The minimum absolute atomic E-state index is 0.0154. The van der Waals surface area contributed by atoms with Crippen LogP contribution in [0.25, 0.3) is 0 Å². The van der Waals surface area contributed by atoms with E-state index in [9.17, 15) is 22.0 Å². The number of rotatable bonds is 6. The molecule has 0 unspecified atom stereocenters. The normalized spacial score (nSPS) is 20.9. The van der Waals surface area contributed by atoms with Gasteiger partial charge in [-0.1, -0.05) is 0 Å². The summed E-state index contributed by atoms with van der Waals surface area (Å²) in [5.41, 5.74) is 2.53. The third kappa shape index (κ3) is 4.94. The smallest absolute Gasteiger partial charge is 0.414 e. The Bertz CT molecular complexity index is 836. The second-order valence-corrected chi connectivity index (χ2v) is 9.29. The summed E-state index contributed by atoms with van der Waals surface area (Å²) in [6.07, 6.45) is -1.36. The van der Waals surface area contributed by atoms with Gasteiger partial charge in [-0.05, 0) is 0 Å². The standard InChI is InChI=1S/C17H24F2N4O5S/c1-21(2)29(25,26)8-3-13-11-23(17(24)28-13)12-9-14(18)16(15(19)10-12)22-5-4-20-27-7-6-22/h9-10,13,20H,3-8,11H2,1-2H3/t13-/m0/s1. The second kappa shape index (κ2) is 8.78. The molecule has 1 N–H and O–H groups in total. The number of benzene rings is 1. The summed E-state index contributed by atoms with van der Waals surface area (Å²) in [5, 5.41) is 0. The molecule has 1 aromatic rings. The Morgan fingerprint density at radius 3 is 2.59 bits per heavy atom. The number of hydrogen-bond donors (Lipinski definition) is 1. The van der Waals surface area contributed by atoms with Crippen molar-refractivity contribution in [2.45, 2.75) is 12.5 Å². The molecular formula is C17H24F2N4O5S. The average molecular weight is 434 g/mol. The molecule has 2 saturated heterocycles. The first-order valence-corrected chi connectivity index (χ1v) is 10.8. The molecule has 0 saturated carbocycles.